The van der Waals surface area contributed by atoms with Gasteiger partial charge in [-0.25, -0.2) is 8.42 Å². The van der Waals surface area contributed by atoms with E-state index in [0.717, 1.165) is 0 Å². The van der Waals surface area contributed by atoms with Crippen LogP contribution >= 0.6 is 11.6 Å². The van der Waals surface area contributed by atoms with E-state index in [1.165, 1.54) is 4.31 Å². The lowest BCUT2D eigenvalue weighted by Gasteiger charge is -2.34. The van der Waals surface area contributed by atoms with E-state index >= 15 is 0 Å². The lowest BCUT2D eigenvalue weighted by Crippen LogP contribution is -2.51. The molecule has 2 aromatic rings. The molecule has 0 bridgehead atoms. The van der Waals surface area contributed by atoms with Gasteiger partial charge in [0.1, 0.15) is 18.1 Å². The number of carbonyl (C=O) groups is 1. The number of hydrogen-bond acceptors (Lipinski definition) is 5. The molecule has 1 N–H and O–H groups in total. The number of para-hydroxylation sites is 2. The van der Waals surface area contributed by atoms with Crippen LogP contribution in [0.2, 0.25) is 5.02 Å². The van der Waals surface area contributed by atoms with Crippen LogP contribution in [0.5, 0.6) is 11.5 Å². The van der Waals surface area contributed by atoms with Gasteiger partial charge in [-0.05, 0) is 43.3 Å². The average Bonchev–Trinajstić information content (AvgIpc) is 2.71. The van der Waals surface area contributed by atoms with Gasteiger partial charge in [0.05, 0.1) is 24.5 Å². The highest BCUT2D eigenvalue weighted by molar-refractivity contribution is 7.92. The summed E-state index contributed by atoms with van der Waals surface area (Å²) in [4.78, 5) is 12.5. The highest BCUT2D eigenvalue weighted by Crippen LogP contribution is 2.35. The first kappa shape index (κ1) is 20.3. The topological polar surface area (TPSA) is 84.9 Å². The van der Waals surface area contributed by atoms with Crippen molar-refractivity contribution in [3.63, 3.8) is 0 Å². The number of benzene rings is 2. The standard InChI is InChI=1S/C19H21ClN2O5S/c1-2-28(24,25)22-13-18(27-17-6-4-3-5-16(17)22)19(23)21-11-12-26-15-9-7-14(20)8-10-15/h3-10,18H,2,11-13H2,1H3,(H,21,23)/t18-/m0/s1. The molecule has 0 unspecified atom stereocenters. The summed E-state index contributed by atoms with van der Waals surface area (Å²) in [6.45, 7) is 2.00. The van der Waals surface area contributed by atoms with Crippen LogP contribution in [-0.4, -0.2) is 45.9 Å². The lowest BCUT2D eigenvalue weighted by molar-refractivity contribution is -0.127. The van der Waals surface area contributed by atoms with Crippen molar-refractivity contribution in [3.8, 4) is 11.5 Å². The number of amides is 1. The molecule has 1 amide bonds. The number of ether oxygens (including phenoxy) is 2. The van der Waals surface area contributed by atoms with Gasteiger partial charge in [0, 0.05) is 5.02 Å². The van der Waals surface area contributed by atoms with E-state index in [1.807, 2.05) is 0 Å². The first-order valence-electron chi connectivity index (χ1n) is 8.83. The molecular weight excluding hydrogens is 404 g/mol. The summed E-state index contributed by atoms with van der Waals surface area (Å²) in [7, 11) is -3.53. The van der Waals surface area contributed by atoms with Crippen LogP contribution in [0, 0.1) is 0 Å². The smallest absolute Gasteiger partial charge is 0.263 e. The Bertz CT molecular complexity index is 934. The maximum Gasteiger partial charge on any atom is 0.263 e. The van der Waals surface area contributed by atoms with Crippen molar-refractivity contribution in [2.45, 2.75) is 13.0 Å². The van der Waals surface area contributed by atoms with Gasteiger partial charge in [0.15, 0.2) is 6.10 Å². The van der Waals surface area contributed by atoms with Crippen molar-refractivity contribution < 1.29 is 22.7 Å². The van der Waals surface area contributed by atoms with E-state index < -0.39 is 22.0 Å². The normalized spacial score (nSPS) is 16.1. The molecule has 3 rings (SSSR count). The van der Waals surface area contributed by atoms with Gasteiger partial charge in [0.25, 0.3) is 5.91 Å². The van der Waals surface area contributed by atoms with Crippen LogP contribution < -0.4 is 19.1 Å². The molecule has 0 fully saturated rings. The number of anilines is 1. The third-order valence-corrected chi connectivity index (χ3v) is 6.21. The minimum absolute atomic E-state index is 0.0649. The third-order valence-electron chi connectivity index (χ3n) is 4.21. The van der Waals surface area contributed by atoms with Gasteiger partial charge < -0.3 is 14.8 Å². The highest BCUT2D eigenvalue weighted by Gasteiger charge is 2.35. The Balaban J connectivity index is 1.60. The minimum atomic E-state index is -3.53. The van der Waals surface area contributed by atoms with E-state index in [1.54, 1.807) is 55.5 Å². The molecule has 9 heteroatoms. The SMILES string of the molecule is CCS(=O)(=O)N1C[C@@H](C(=O)NCCOc2ccc(Cl)cc2)Oc2ccccc21. The van der Waals surface area contributed by atoms with E-state index in [0.29, 0.717) is 22.2 Å². The zero-order valence-corrected chi connectivity index (χ0v) is 16.9. The fraction of sp³-hybridized carbons (Fsp3) is 0.316. The molecule has 150 valence electrons. The molecule has 0 spiro atoms. The van der Waals surface area contributed by atoms with Crippen LogP contribution in [0.4, 0.5) is 5.69 Å². The van der Waals surface area contributed by atoms with Gasteiger partial charge in [-0.15, -0.1) is 0 Å². The summed E-state index contributed by atoms with van der Waals surface area (Å²) in [6.07, 6.45) is -0.938. The molecule has 0 radical (unpaired) electrons. The van der Waals surface area contributed by atoms with Crippen LogP contribution in [0.15, 0.2) is 48.5 Å². The third kappa shape index (κ3) is 4.69. The van der Waals surface area contributed by atoms with Gasteiger partial charge in [-0.3, -0.25) is 9.10 Å². The first-order chi connectivity index (χ1) is 13.4. The summed E-state index contributed by atoms with van der Waals surface area (Å²) in [5.41, 5.74) is 0.444. The molecule has 1 aliphatic heterocycles. The van der Waals surface area contributed by atoms with E-state index in [9.17, 15) is 13.2 Å². The molecule has 1 atom stereocenters. The molecule has 0 aromatic heterocycles. The fourth-order valence-electron chi connectivity index (χ4n) is 2.75. The van der Waals surface area contributed by atoms with E-state index in [4.69, 9.17) is 21.1 Å². The number of nitrogens with one attached hydrogen (secondary N) is 1. The number of nitrogens with zero attached hydrogens (tertiary/aromatic N) is 1. The zero-order valence-electron chi connectivity index (χ0n) is 15.3. The van der Waals surface area contributed by atoms with Crippen molar-refractivity contribution in [2.75, 3.05) is 29.8 Å². The van der Waals surface area contributed by atoms with Gasteiger partial charge in [0.2, 0.25) is 10.0 Å². The summed E-state index contributed by atoms with van der Waals surface area (Å²) >= 11 is 5.82. The maximum atomic E-state index is 12.5. The van der Waals surface area contributed by atoms with E-state index in [-0.39, 0.29) is 25.4 Å². The predicted molar refractivity (Wildman–Crippen MR) is 108 cm³/mol. The largest absolute Gasteiger partial charge is 0.492 e. The quantitative estimate of drug-likeness (QED) is 0.690. The minimum Gasteiger partial charge on any atom is -0.492 e. The van der Waals surface area contributed by atoms with E-state index in [2.05, 4.69) is 5.32 Å². The Labute approximate surface area is 169 Å². The second-order valence-corrected chi connectivity index (χ2v) is 8.72. The number of hydrogen-bond donors (Lipinski definition) is 1. The van der Waals surface area contributed by atoms with Crippen molar-refractivity contribution in [2.24, 2.45) is 0 Å². The second-order valence-electron chi connectivity index (χ2n) is 6.10. The van der Waals surface area contributed by atoms with Gasteiger partial charge in [-0.2, -0.15) is 0 Å². The predicted octanol–water partition coefficient (Wildman–Crippen LogP) is 2.45. The van der Waals surface area contributed by atoms with Gasteiger partial charge in [-0.1, -0.05) is 23.7 Å². The molecule has 1 heterocycles. The molecular formula is C19H21ClN2O5S. The highest BCUT2D eigenvalue weighted by atomic mass is 35.5. The van der Waals surface area contributed by atoms with Crippen molar-refractivity contribution in [3.05, 3.63) is 53.6 Å². The van der Waals surface area contributed by atoms with Crippen LogP contribution in [0.3, 0.4) is 0 Å². The van der Waals surface area contributed by atoms with Gasteiger partial charge >= 0.3 is 0 Å². The maximum absolute atomic E-state index is 12.5. The second kappa shape index (κ2) is 8.70. The first-order valence-corrected chi connectivity index (χ1v) is 10.8. The van der Waals surface area contributed by atoms with Crippen molar-refractivity contribution >= 4 is 33.2 Å². The van der Waals surface area contributed by atoms with Crippen molar-refractivity contribution in [1.82, 2.24) is 5.32 Å². The lowest BCUT2D eigenvalue weighted by atomic mass is 10.2. The number of sulfonamides is 1. The molecule has 2 aromatic carbocycles. The molecule has 7 nitrogen and oxygen atoms in total. The molecule has 0 saturated heterocycles. The number of halogens is 1. The number of fused-ring (bicyclic) bond motifs is 1. The number of rotatable bonds is 7. The monoisotopic (exact) mass is 424 g/mol. The Hall–Kier alpha value is -2.45. The van der Waals surface area contributed by atoms with Crippen LogP contribution in [0.25, 0.3) is 0 Å². The summed E-state index contributed by atoms with van der Waals surface area (Å²) in [5, 5.41) is 3.33. The Morgan fingerprint density at radius 2 is 1.96 bits per heavy atom. The summed E-state index contributed by atoms with van der Waals surface area (Å²) < 4.78 is 37.4. The summed E-state index contributed by atoms with van der Waals surface area (Å²) in [6, 6.07) is 13.7. The van der Waals surface area contributed by atoms with Crippen molar-refractivity contribution in [1.29, 1.82) is 0 Å². The van der Waals surface area contributed by atoms with Crippen LogP contribution in [-0.2, 0) is 14.8 Å². The number of carbonyl (C=O) groups excluding carboxylic acids is 1. The summed E-state index contributed by atoms with van der Waals surface area (Å²) in [5.74, 6) is 0.542. The molecule has 0 aliphatic carbocycles. The Morgan fingerprint density at radius 3 is 2.68 bits per heavy atom. The average molecular weight is 425 g/mol. The zero-order chi connectivity index (χ0) is 20.1. The molecule has 0 saturated carbocycles. The Kier molecular flexibility index (Phi) is 6.31. The van der Waals surface area contributed by atoms with Crippen LogP contribution in [0.1, 0.15) is 6.92 Å². The fourth-order valence-corrected chi connectivity index (χ4v) is 4.00. The molecule has 28 heavy (non-hydrogen) atoms. The Morgan fingerprint density at radius 1 is 1.25 bits per heavy atom. The molecule has 1 aliphatic rings.